The summed E-state index contributed by atoms with van der Waals surface area (Å²) in [5, 5.41) is 20.1. The molecule has 2 aromatic heterocycles. The molecule has 8 heteroatoms. The van der Waals surface area contributed by atoms with Crippen LogP contribution in [0.4, 0.5) is 0 Å². The highest BCUT2D eigenvalue weighted by Gasteiger charge is 2.46. The van der Waals surface area contributed by atoms with Crippen LogP contribution in [-0.2, 0) is 16.1 Å². The van der Waals surface area contributed by atoms with Crippen molar-refractivity contribution in [1.29, 1.82) is 0 Å². The van der Waals surface area contributed by atoms with Gasteiger partial charge in [-0.2, -0.15) is 0 Å². The minimum Gasteiger partial charge on any atom is -0.388 e. The van der Waals surface area contributed by atoms with Gasteiger partial charge in [0, 0.05) is 30.6 Å². The summed E-state index contributed by atoms with van der Waals surface area (Å²) in [6.45, 7) is 6.95. The number of amides is 1. The van der Waals surface area contributed by atoms with E-state index < -0.39 is 11.6 Å². The maximum Gasteiger partial charge on any atom is 0.246 e. The summed E-state index contributed by atoms with van der Waals surface area (Å²) in [6, 6.07) is 3.44. The standard InChI is InChI=1S/C19H27N3O4S/c1-12-14(13(2)26-21-12)10-22-8-7-19(3,24)18(20-16(23)11-25-4)17(22)15-6-5-9-27-15/h5-6,9,17-18,24H,7-8,10-11H2,1-4H3,(H,20,23)/t17-,18-,19+/m0/s1. The number of rotatable bonds is 6. The summed E-state index contributed by atoms with van der Waals surface area (Å²) >= 11 is 1.62. The highest BCUT2D eigenvalue weighted by Crippen LogP contribution is 2.40. The zero-order valence-corrected chi connectivity index (χ0v) is 17.0. The van der Waals surface area contributed by atoms with Gasteiger partial charge in [0.1, 0.15) is 12.4 Å². The van der Waals surface area contributed by atoms with Gasteiger partial charge in [-0.1, -0.05) is 11.2 Å². The van der Waals surface area contributed by atoms with Gasteiger partial charge in [0.05, 0.1) is 23.4 Å². The number of methoxy groups -OCH3 is 1. The molecule has 0 aliphatic carbocycles. The highest BCUT2D eigenvalue weighted by molar-refractivity contribution is 7.10. The van der Waals surface area contributed by atoms with E-state index in [1.807, 2.05) is 31.4 Å². The van der Waals surface area contributed by atoms with E-state index in [1.54, 1.807) is 18.3 Å². The minimum absolute atomic E-state index is 0.0341. The zero-order chi connectivity index (χ0) is 19.6. The number of nitrogens with one attached hydrogen (secondary N) is 1. The molecule has 1 amide bonds. The second-order valence-electron chi connectivity index (χ2n) is 7.32. The third kappa shape index (κ3) is 4.24. The highest BCUT2D eigenvalue weighted by atomic mass is 32.1. The van der Waals surface area contributed by atoms with Crippen LogP contribution in [0.25, 0.3) is 0 Å². The van der Waals surface area contributed by atoms with Gasteiger partial charge >= 0.3 is 0 Å². The molecule has 0 bridgehead atoms. The molecule has 2 aromatic rings. The Morgan fingerprint density at radius 2 is 2.33 bits per heavy atom. The van der Waals surface area contributed by atoms with Crippen molar-refractivity contribution < 1.29 is 19.2 Å². The third-order valence-electron chi connectivity index (χ3n) is 5.25. The Balaban J connectivity index is 1.94. The van der Waals surface area contributed by atoms with Crippen LogP contribution in [-0.4, -0.2) is 53.0 Å². The first-order chi connectivity index (χ1) is 12.8. The average Bonchev–Trinajstić information content (AvgIpc) is 3.23. The normalized spacial score (nSPS) is 26.3. The molecular formula is C19H27N3O4S. The van der Waals surface area contributed by atoms with Gasteiger partial charge in [-0.3, -0.25) is 9.69 Å². The molecule has 1 fully saturated rings. The molecule has 1 aliphatic heterocycles. The first kappa shape index (κ1) is 20.0. The molecule has 3 rings (SSSR count). The second kappa shape index (κ2) is 8.10. The van der Waals surface area contributed by atoms with E-state index >= 15 is 0 Å². The van der Waals surface area contributed by atoms with Gasteiger partial charge in [-0.05, 0) is 38.6 Å². The summed E-state index contributed by atoms with van der Waals surface area (Å²) in [5.41, 5.74) is 0.905. The lowest BCUT2D eigenvalue weighted by Gasteiger charge is -2.48. The fourth-order valence-electron chi connectivity index (χ4n) is 3.71. The fraction of sp³-hybridized carbons (Fsp3) is 0.579. The van der Waals surface area contributed by atoms with Crippen LogP contribution in [0, 0.1) is 13.8 Å². The maximum absolute atomic E-state index is 12.3. The van der Waals surface area contributed by atoms with Crippen molar-refractivity contribution in [3.8, 4) is 0 Å². The first-order valence-corrected chi connectivity index (χ1v) is 9.91. The molecule has 148 valence electrons. The molecule has 0 saturated carbocycles. The van der Waals surface area contributed by atoms with E-state index in [9.17, 15) is 9.90 Å². The molecule has 0 radical (unpaired) electrons. The van der Waals surface area contributed by atoms with Gasteiger partial charge in [0.25, 0.3) is 0 Å². The number of aromatic nitrogens is 1. The summed E-state index contributed by atoms with van der Waals surface area (Å²) in [6.07, 6.45) is 0.552. The number of nitrogens with zero attached hydrogens (tertiary/aromatic N) is 2. The second-order valence-corrected chi connectivity index (χ2v) is 8.30. The van der Waals surface area contributed by atoms with E-state index in [1.165, 1.54) is 7.11 Å². The molecule has 7 nitrogen and oxygen atoms in total. The molecule has 1 aliphatic rings. The summed E-state index contributed by atoms with van der Waals surface area (Å²) in [5.74, 6) is 0.568. The van der Waals surface area contributed by atoms with Gasteiger partial charge in [0.15, 0.2) is 0 Å². The van der Waals surface area contributed by atoms with Gasteiger partial charge < -0.3 is 19.7 Å². The number of ether oxygens (including phenoxy) is 1. The molecule has 0 unspecified atom stereocenters. The van der Waals surface area contributed by atoms with E-state index in [0.29, 0.717) is 19.5 Å². The molecule has 0 aromatic carbocycles. The van der Waals surface area contributed by atoms with Gasteiger partial charge in [0.2, 0.25) is 5.91 Å². The average molecular weight is 394 g/mol. The lowest BCUT2D eigenvalue weighted by Crippen LogP contribution is -2.62. The van der Waals surface area contributed by atoms with Gasteiger partial charge in [-0.15, -0.1) is 11.3 Å². The topological polar surface area (TPSA) is 87.8 Å². The minimum atomic E-state index is -1.02. The molecule has 3 heterocycles. The van der Waals surface area contributed by atoms with Crippen molar-refractivity contribution >= 4 is 17.2 Å². The van der Waals surface area contributed by atoms with Crippen molar-refractivity contribution in [3.05, 3.63) is 39.4 Å². The maximum atomic E-state index is 12.3. The zero-order valence-electron chi connectivity index (χ0n) is 16.2. The lowest BCUT2D eigenvalue weighted by molar-refractivity contribution is -0.132. The number of piperidine rings is 1. The number of hydrogen-bond donors (Lipinski definition) is 2. The predicted molar refractivity (Wildman–Crippen MR) is 102 cm³/mol. The Kier molecular flexibility index (Phi) is 6.00. The SMILES string of the molecule is COCC(=O)N[C@H]1[C@H](c2cccs2)N(Cc2c(C)noc2C)CC[C@@]1(C)O. The molecule has 3 atom stereocenters. The number of aliphatic hydroxyl groups is 1. The monoisotopic (exact) mass is 393 g/mol. The smallest absolute Gasteiger partial charge is 0.246 e. The Hall–Kier alpha value is -1.74. The molecule has 1 saturated heterocycles. The third-order valence-corrected chi connectivity index (χ3v) is 6.20. The summed E-state index contributed by atoms with van der Waals surface area (Å²) < 4.78 is 10.3. The molecular weight excluding hydrogens is 366 g/mol. The van der Waals surface area contributed by atoms with E-state index in [-0.39, 0.29) is 18.6 Å². The summed E-state index contributed by atoms with van der Waals surface area (Å²) in [4.78, 5) is 15.6. The number of thiophene rings is 1. The molecule has 27 heavy (non-hydrogen) atoms. The van der Waals surface area contributed by atoms with Crippen molar-refractivity contribution in [2.45, 2.75) is 51.4 Å². The van der Waals surface area contributed by atoms with Crippen molar-refractivity contribution in [1.82, 2.24) is 15.4 Å². The van der Waals surface area contributed by atoms with Crippen LogP contribution < -0.4 is 5.32 Å². The first-order valence-electron chi connectivity index (χ1n) is 9.03. The van der Waals surface area contributed by atoms with Gasteiger partial charge in [-0.25, -0.2) is 0 Å². The van der Waals surface area contributed by atoms with Crippen LogP contribution in [0.3, 0.4) is 0 Å². The van der Waals surface area contributed by atoms with E-state index in [4.69, 9.17) is 9.26 Å². The number of likely N-dealkylation sites (tertiary alicyclic amines) is 1. The van der Waals surface area contributed by atoms with Crippen molar-refractivity contribution in [2.24, 2.45) is 0 Å². The summed E-state index contributed by atoms with van der Waals surface area (Å²) in [7, 11) is 1.49. The predicted octanol–water partition coefficient (Wildman–Crippen LogP) is 2.18. The van der Waals surface area contributed by atoms with Crippen LogP contribution in [0.15, 0.2) is 22.0 Å². The fourth-order valence-corrected chi connectivity index (χ4v) is 4.60. The Morgan fingerprint density at radius 1 is 1.56 bits per heavy atom. The van der Waals surface area contributed by atoms with E-state index in [0.717, 1.165) is 21.9 Å². The number of carbonyl (C=O) groups is 1. The Morgan fingerprint density at radius 3 is 2.93 bits per heavy atom. The van der Waals surface area contributed by atoms with Crippen LogP contribution >= 0.6 is 11.3 Å². The number of hydrogen-bond acceptors (Lipinski definition) is 7. The van der Waals surface area contributed by atoms with Crippen molar-refractivity contribution in [3.63, 3.8) is 0 Å². The lowest BCUT2D eigenvalue weighted by atomic mass is 9.81. The largest absolute Gasteiger partial charge is 0.388 e. The van der Waals surface area contributed by atoms with Crippen LogP contribution in [0.5, 0.6) is 0 Å². The van der Waals surface area contributed by atoms with E-state index in [2.05, 4.69) is 15.4 Å². The number of aryl methyl sites for hydroxylation is 2. The van der Waals surface area contributed by atoms with Crippen LogP contribution in [0.2, 0.25) is 0 Å². The van der Waals surface area contributed by atoms with Crippen molar-refractivity contribution in [2.75, 3.05) is 20.3 Å². The Labute approximate surface area is 163 Å². The number of carbonyl (C=O) groups excluding carboxylic acids is 1. The Bertz CT molecular complexity index is 753. The quantitative estimate of drug-likeness (QED) is 0.782. The van der Waals surface area contributed by atoms with Crippen LogP contribution in [0.1, 0.15) is 41.3 Å². The molecule has 2 N–H and O–H groups in total. The molecule has 0 spiro atoms.